The van der Waals surface area contributed by atoms with Crippen LogP contribution in [0.2, 0.25) is 0 Å². The van der Waals surface area contributed by atoms with Crippen molar-refractivity contribution in [2.24, 2.45) is 5.92 Å². The van der Waals surface area contributed by atoms with Gasteiger partial charge in [0.15, 0.2) is 0 Å². The SMILES string of the molecule is CC(C)COC(=O)c1ccc(Br)c(S(=O)(=O)Cl)c1. The van der Waals surface area contributed by atoms with Crippen molar-refractivity contribution in [3.8, 4) is 0 Å². The van der Waals surface area contributed by atoms with E-state index < -0.39 is 15.0 Å². The molecule has 1 aromatic carbocycles. The van der Waals surface area contributed by atoms with Crippen molar-refractivity contribution in [3.63, 3.8) is 0 Å². The Hall–Kier alpha value is -0.590. The first-order valence-electron chi connectivity index (χ1n) is 5.13. The van der Waals surface area contributed by atoms with Gasteiger partial charge in [0.2, 0.25) is 0 Å². The van der Waals surface area contributed by atoms with Crippen LogP contribution in [0.15, 0.2) is 27.6 Å². The lowest BCUT2D eigenvalue weighted by atomic mass is 10.2. The summed E-state index contributed by atoms with van der Waals surface area (Å²) in [4.78, 5) is 11.5. The summed E-state index contributed by atoms with van der Waals surface area (Å²) < 4.78 is 27.9. The van der Waals surface area contributed by atoms with Gasteiger partial charge in [0, 0.05) is 15.2 Å². The normalized spacial score (nSPS) is 11.6. The highest BCUT2D eigenvalue weighted by Gasteiger charge is 2.18. The van der Waals surface area contributed by atoms with E-state index in [9.17, 15) is 13.2 Å². The van der Waals surface area contributed by atoms with Crippen LogP contribution in [0.5, 0.6) is 0 Å². The molecule has 7 heteroatoms. The van der Waals surface area contributed by atoms with Gasteiger partial charge in [-0.1, -0.05) is 13.8 Å². The molecule has 0 aliphatic heterocycles. The van der Waals surface area contributed by atoms with Gasteiger partial charge >= 0.3 is 5.97 Å². The van der Waals surface area contributed by atoms with Crippen molar-refractivity contribution in [1.82, 2.24) is 0 Å². The first-order valence-corrected chi connectivity index (χ1v) is 8.23. The molecule has 0 fully saturated rings. The van der Waals surface area contributed by atoms with Gasteiger partial charge in [-0.05, 0) is 40.0 Å². The van der Waals surface area contributed by atoms with E-state index >= 15 is 0 Å². The summed E-state index contributed by atoms with van der Waals surface area (Å²) >= 11 is 3.06. The van der Waals surface area contributed by atoms with Gasteiger partial charge in [-0.2, -0.15) is 0 Å². The van der Waals surface area contributed by atoms with E-state index in [2.05, 4.69) is 15.9 Å². The predicted octanol–water partition coefficient (Wildman–Crippen LogP) is 3.19. The monoisotopic (exact) mass is 354 g/mol. The number of hydrogen-bond donors (Lipinski definition) is 0. The quantitative estimate of drug-likeness (QED) is 0.615. The number of ether oxygens (including phenoxy) is 1. The third-order valence-corrected chi connectivity index (χ3v) is 4.29. The molecular weight excluding hydrogens is 344 g/mol. The van der Waals surface area contributed by atoms with Crippen molar-refractivity contribution in [2.45, 2.75) is 18.7 Å². The predicted molar refractivity (Wildman–Crippen MR) is 72.3 cm³/mol. The summed E-state index contributed by atoms with van der Waals surface area (Å²) in [5.41, 5.74) is 0.151. The molecule has 0 saturated carbocycles. The van der Waals surface area contributed by atoms with Crippen LogP contribution in [0.4, 0.5) is 0 Å². The van der Waals surface area contributed by atoms with Crippen molar-refractivity contribution in [2.75, 3.05) is 6.61 Å². The minimum atomic E-state index is -3.90. The topological polar surface area (TPSA) is 60.4 Å². The molecule has 1 aromatic rings. The molecule has 0 N–H and O–H groups in total. The molecule has 0 heterocycles. The van der Waals surface area contributed by atoms with Crippen molar-refractivity contribution < 1.29 is 17.9 Å². The Labute approximate surface area is 119 Å². The molecule has 0 amide bonds. The van der Waals surface area contributed by atoms with Crippen LogP contribution in [0, 0.1) is 5.92 Å². The number of benzene rings is 1. The maximum absolute atomic E-state index is 11.7. The maximum atomic E-state index is 11.7. The van der Waals surface area contributed by atoms with Crippen molar-refractivity contribution in [3.05, 3.63) is 28.2 Å². The van der Waals surface area contributed by atoms with E-state index in [1.54, 1.807) is 0 Å². The minimum Gasteiger partial charge on any atom is -0.462 e. The van der Waals surface area contributed by atoms with E-state index in [0.717, 1.165) is 0 Å². The number of rotatable bonds is 4. The molecule has 18 heavy (non-hydrogen) atoms. The van der Waals surface area contributed by atoms with Crippen LogP contribution in [-0.2, 0) is 13.8 Å². The zero-order chi connectivity index (χ0) is 13.9. The lowest BCUT2D eigenvalue weighted by Crippen LogP contribution is -2.10. The highest BCUT2D eigenvalue weighted by molar-refractivity contribution is 9.10. The second-order valence-corrected chi connectivity index (χ2v) is 7.46. The third kappa shape index (κ3) is 4.26. The van der Waals surface area contributed by atoms with Crippen LogP contribution in [0.25, 0.3) is 0 Å². The van der Waals surface area contributed by atoms with Gasteiger partial charge in [-0.25, -0.2) is 13.2 Å². The van der Waals surface area contributed by atoms with E-state index in [1.165, 1.54) is 18.2 Å². The average molecular weight is 356 g/mol. The Morgan fingerprint density at radius 2 is 2.06 bits per heavy atom. The summed E-state index contributed by atoms with van der Waals surface area (Å²) in [7, 11) is 1.35. The van der Waals surface area contributed by atoms with Crippen LogP contribution < -0.4 is 0 Å². The van der Waals surface area contributed by atoms with E-state index in [0.29, 0.717) is 4.47 Å². The zero-order valence-corrected chi connectivity index (χ0v) is 13.0. The van der Waals surface area contributed by atoms with Gasteiger partial charge in [-0.15, -0.1) is 0 Å². The van der Waals surface area contributed by atoms with Crippen molar-refractivity contribution in [1.29, 1.82) is 0 Å². The third-order valence-electron chi connectivity index (χ3n) is 1.98. The summed E-state index contributed by atoms with van der Waals surface area (Å²) in [5, 5.41) is 0. The molecule has 1 rings (SSSR count). The molecule has 0 bridgehead atoms. The smallest absolute Gasteiger partial charge is 0.338 e. The number of carbonyl (C=O) groups is 1. The average Bonchev–Trinajstić information content (AvgIpc) is 2.24. The fraction of sp³-hybridized carbons (Fsp3) is 0.364. The van der Waals surface area contributed by atoms with Gasteiger partial charge in [0.25, 0.3) is 9.05 Å². The molecule has 0 radical (unpaired) electrons. The highest BCUT2D eigenvalue weighted by atomic mass is 79.9. The van der Waals surface area contributed by atoms with E-state index in [1.807, 2.05) is 13.8 Å². The molecule has 0 saturated heterocycles. The standard InChI is InChI=1S/C11H12BrClO4S/c1-7(2)6-17-11(14)8-3-4-9(12)10(5-8)18(13,15)16/h3-5,7H,6H2,1-2H3. The lowest BCUT2D eigenvalue weighted by molar-refractivity contribution is 0.0458. The molecule has 100 valence electrons. The van der Waals surface area contributed by atoms with Crippen LogP contribution >= 0.6 is 26.6 Å². The number of carbonyl (C=O) groups excluding carboxylic acids is 1. The van der Waals surface area contributed by atoms with Gasteiger partial charge < -0.3 is 4.74 Å². The second-order valence-electron chi connectivity index (χ2n) is 4.08. The number of halogens is 2. The van der Waals surface area contributed by atoms with Crippen LogP contribution in [0.1, 0.15) is 24.2 Å². The molecule has 0 atom stereocenters. The Morgan fingerprint density at radius 1 is 1.44 bits per heavy atom. The Bertz CT molecular complexity index is 554. The van der Waals surface area contributed by atoms with E-state index in [-0.39, 0.29) is 23.0 Å². The van der Waals surface area contributed by atoms with Gasteiger partial charge in [0.05, 0.1) is 17.1 Å². The maximum Gasteiger partial charge on any atom is 0.338 e. The first-order chi connectivity index (χ1) is 8.21. The molecule has 0 aliphatic carbocycles. The molecule has 4 nitrogen and oxygen atoms in total. The van der Waals surface area contributed by atoms with Gasteiger partial charge in [-0.3, -0.25) is 0 Å². The Balaban J connectivity index is 3.02. The largest absolute Gasteiger partial charge is 0.462 e. The summed E-state index contributed by atoms with van der Waals surface area (Å²) in [6, 6.07) is 4.11. The molecule has 0 aliphatic rings. The number of esters is 1. The van der Waals surface area contributed by atoms with E-state index in [4.69, 9.17) is 15.4 Å². The molecule has 0 unspecified atom stereocenters. The Kier molecular flexibility index (Phi) is 5.19. The summed E-state index contributed by atoms with van der Waals surface area (Å²) in [5.74, 6) is -0.363. The minimum absolute atomic E-state index is 0.150. The fourth-order valence-electron chi connectivity index (χ4n) is 1.14. The zero-order valence-electron chi connectivity index (χ0n) is 9.81. The first kappa shape index (κ1) is 15.5. The molecule has 0 spiro atoms. The van der Waals surface area contributed by atoms with Crippen molar-refractivity contribution >= 4 is 41.6 Å². The highest BCUT2D eigenvalue weighted by Crippen LogP contribution is 2.26. The fourth-order valence-corrected chi connectivity index (χ4v) is 3.26. The summed E-state index contributed by atoms with van der Waals surface area (Å²) in [6.07, 6.45) is 0. The summed E-state index contributed by atoms with van der Waals surface area (Å²) in [6.45, 7) is 4.09. The second kappa shape index (κ2) is 6.04. The van der Waals surface area contributed by atoms with Crippen LogP contribution in [-0.4, -0.2) is 21.0 Å². The Morgan fingerprint density at radius 3 is 2.56 bits per heavy atom. The van der Waals surface area contributed by atoms with Gasteiger partial charge in [0.1, 0.15) is 0 Å². The lowest BCUT2D eigenvalue weighted by Gasteiger charge is -2.08. The molecular formula is C11H12BrClO4S. The number of hydrogen-bond acceptors (Lipinski definition) is 4. The molecule has 0 aromatic heterocycles. The van der Waals surface area contributed by atoms with Crippen LogP contribution in [0.3, 0.4) is 0 Å².